The Bertz CT molecular complexity index is 1040. The molecule has 1 saturated heterocycles. The van der Waals surface area contributed by atoms with Gasteiger partial charge in [-0.25, -0.2) is 9.97 Å². The topological polar surface area (TPSA) is 81.0 Å². The molecule has 1 unspecified atom stereocenters. The molecular formula is C21H24BN5O3. The summed E-state index contributed by atoms with van der Waals surface area (Å²) in [6.07, 6.45) is 5.27. The molecule has 30 heavy (non-hydrogen) atoms. The molecule has 0 amide bonds. The van der Waals surface area contributed by atoms with Crippen LogP contribution in [-0.2, 0) is 16.1 Å². The first-order valence-electron chi connectivity index (χ1n) is 9.93. The molecule has 8 nitrogen and oxygen atoms in total. The molecular weight excluding hydrogens is 381 g/mol. The maximum absolute atomic E-state index is 12.0. The molecule has 1 fully saturated rings. The van der Waals surface area contributed by atoms with Crippen molar-refractivity contribution >= 4 is 36.7 Å². The number of nitrogens with one attached hydrogen (secondary N) is 1. The van der Waals surface area contributed by atoms with Crippen molar-refractivity contribution in [3.05, 3.63) is 42.2 Å². The van der Waals surface area contributed by atoms with Gasteiger partial charge in [-0.2, -0.15) is 0 Å². The number of esters is 1. The molecule has 3 aromatic rings. The third-order valence-electron chi connectivity index (χ3n) is 5.42. The van der Waals surface area contributed by atoms with Crippen LogP contribution in [0.4, 0.5) is 11.8 Å². The van der Waals surface area contributed by atoms with Gasteiger partial charge in [0.2, 0.25) is 5.95 Å². The van der Waals surface area contributed by atoms with Crippen molar-refractivity contribution in [2.75, 3.05) is 37.5 Å². The van der Waals surface area contributed by atoms with Crippen molar-refractivity contribution in [2.24, 2.45) is 5.92 Å². The molecule has 2 radical (unpaired) electrons. The fourth-order valence-electron chi connectivity index (χ4n) is 3.85. The van der Waals surface area contributed by atoms with E-state index in [1.54, 1.807) is 13.3 Å². The Morgan fingerprint density at radius 3 is 2.83 bits per heavy atom. The van der Waals surface area contributed by atoms with Crippen LogP contribution in [-0.4, -0.2) is 55.5 Å². The second-order valence-corrected chi connectivity index (χ2v) is 7.30. The van der Waals surface area contributed by atoms with Crippen LogP contribution in [0.3, 0.4) is 0 Å². The predicted octanol–water partition coefficient (Wildman–Crippen LogP) is 1.53. The number of hydrogen-bond acceptors (Lipinski definition) is 7. The van der Waals surface area contributed by atoms with Gasteiger partial charge in [0.15, 0.2) is 5.82 Å². The molecule has 0 spiro atoms. The quantitative estimate of drug-likeness (QED) is 0.492. The highest BCUT2D eigenvalue weighted by Crippen LogP contribution is 2.25. The molecule has 9 heteroatoms. The van der Waals surface area contributed by atoms with Crippen LogP contribution in [0.25, 0.3) is 5.52 Å². The molecule has 0 bridgehead atoms. The van der Waals surface area contributed by atoms with Crippen LogP contribution in [0.5, 0.6) is 5.75 Å². The van der Waals surface area contributed by atoms with Crippen molar-refractivity contribution in [3.63, 3.8) is 0 Å². The van der Waals surface area contributed by atoms with Crippen molar-refractivity contribution in [2.45, 2.75) is 19.4 Å². The molecule has 1 aliphatic rings. The summed E-state index contributed by atoms with van der Waals surface area (Å²) in [6.45, 7) is 1.95. The summed E-state index contributed by atoms with van der Waals surface area (Å²) in [4.78, 5) is 23.1. The zero-order chi connectivity index (χ0) is 21.1. The molecule has 0 aliphatic carbocycles. The van der Waals surface area contributed by atoms with Crippen molar-refractivity contribution in [1.82, 2.24) is 14.4 Å². The number of carbonyl (C=O) groups excluding carboxylic acids is 1. The lowest BCUT2D eigenvalue weighted by molar-refractivity contribution is -0.145. The second kappa shape index (κ2) is 8.65. The van der Waals surface area contributed by atoms with E-state index in [0.29, 0.717) is 30.4 Å². The first kappa shape index (κ1) is 20.1. The number of imidazole rings is 1. The number of benzene rings is 1. The van der Waals surface area contributed by atoms with Crippen molar-refractivity contribution in [1.29, 1.82) is 0 Å². The minimum atomic E-state index is -0.183. The summed E-state index contributed by atoms with van der Waals surface area (Å²) in [7, 11) is 9.34. The number of methoxy groups -OCH3 is 2. The summed E-state index contributed by atoms with van der Waals surface area (Å²) in [6, 6.07) is 7.84. The maximum atomic E-state index is 12.0. The predicted molar refractivity (Wildman–Crippen MR) is 116 cm³/mol. The van der Waals surface area contributed by atoms with Gasteiger partial charge in [0.1, 0.15) is 19.1 Å². The Morgan fingerprint density at radius 1 is 1.30 bits per heavy atom. The van der Waals surface area contributed by atoms with Gasteiger partial charge >= 0.3 is 5.97 Å². The van der Waals surface area contributed by atoms with Gasteiger partial charge in [-0.05, 0) is 30.5 Å². The lowest BCUT2D eigenvalue weighted by Gasteiger charge is -2.31. The smallest absolute Gasteiger partial charge is 0.310 e. The Hall–Kier alpha value is -3.23. The van der Waals surface area contributed by atoms with Crippen LogP contribution in [0.2, 0.25) is 0 Å². The van der Waals surface area contributed by atoms with E-state index >= 15 is 0 Å². The van der Waals surface area contributed by atoms with Gasteiger partial charge in [0, 0.05) is 37.6 Å². The normalized spacial score (nSPS) is 16.5. The summed E-state index contributed by atoms with van der Waals surface area (Å²) >= 11 is 0. The number of anilines is 2. The summed E-state index contributed by atoms with van der Waals surface area (Å²) in [5, 5.41) is 3.35. The van der Waals surface area contributed by atoms with Crippen LogP contribution >= 0.6 is 0 Å². The van der Waals surface area contributed by atoms with E-state index in [9.17, 15) is 4.79 Å². The molecule has 0 saturated carbocycles. The maximum Gasteiger partial charge on any atom is 0.310 e. The second-order valence-electron chi connectivity index (χ2n) is 7.30. The average Bonchev–Trinajstić information content (AvgIpc) is 3.14. The van der Waals surface area contributed by atoms with E-state index in [2.05, 4.69) is 20.2 Å². The van der Waals surface area contributed by atoms with Gasteiger partial charge in [0.25, 0.3) is 0 Å². The number of carbonyl (C=O) groups is 1. The fraction of sp³-hybridized carbons (Fsp3) is 0.381. The third-order valence-corrected chi connectivity index (χ3v) is 5.42. The van der Waals surface area contributed by atoms with E-state index in [1.165, 1.54) is 7.11 Å². The number of nitrogens with zero attached hydrogens (tertiary/aromatic N) is 4. The number of ether oxygens (including phenoxy) is 2. The van der Waals surface area contributed by atoms with Crippen molar-refractivity contribution in [3.8, 4) is 5.75 Å². The first-order valence-corrected chi connectivity index (χ1v) is 9.93. The molecule has 1 atom stereocenters. The molecule has 1 aliphatic heterocycles. The van der Waals surface area contributed by atoms with Gasteiger partial charge in [-0.15, -0.1) is 0 Å². The van der Waals surface area contributed by atoms with E-state index in [1.807, 2.05) is 34.9 Å². The van der Waals surface area contributed by atoms with E-state index < -0.39 is 0 Å². The highest BCUT2D eigenvalue weighted by molar-refractivity contribution is 6.36. The van der Waals surface area contributed by atoms with Gasteiger partial charge in [0.05, 0.1) is 20.1 Å². The average molecular weight is 405 g/mol. The Labute approximate surface area is 176 Å². The van der Waals surface area contributed by atoms with Gasteiger partial charge in [-0.3, -0.25) is 9.20 Å². The Balaban J connectivity index is 1.58. The SMILES string of the molecule is [B]c1nc(N2CCCC(C(=O)OC)C2)n2ccnc(NCc3ccc(OC)cc3)c12. The number of hydrogen-bond donors (Lipinski definition) is 1. The molecule has 4 rings (SSSR count). The van der Waals surface area contributed by atoms with Crippen LogP contribution < -0.4 is 20.5 Å². The molecule has 3 heterocycles. The minimum absolute atomic E-state index is 0.160. The first-order chi connectivity index (χ1) is 14.6. The molecule has 1 aromatic carbocycles. The van der Waals surface area contributed by atoms with E-state index in [-0.39, 0.29) is 11.9 Å². The monoisotopic (exact) mass is 405 g/mol. The van der Waals surface area contributed by atoms with Crippen LogP contribution in [0.15, 0.2) is 36.7 Å². The highest BCUT2D eigenvalue weighted by atomic mass is 16.5. The fourth-order valence-corrected chi connectivity index (χ4v) is 3.85. The lowest BCUT2D eigenvalue weighted by Crippen LogP contribution is -2.40. The minimum Gasteiger partial charge on any atom is -0.497 e. The van der Waals surface area contributed by atoms with Crippen molar-refractivity contribution < 1.29 is 14.3 Å². The largest absolute Gasteiger partial charge is 0.497 e. The number of aromatic nitrogens is 3. The lowest BCUT2D eigenvalue weighted by atomic mass is 9.98. The standard InChI is InChI=1S/C21H24BN5O3/c1-29-16-7-5-14(6-8-16)12-24-19-17-18(22)25-21(27(17)11-9-23-19)26-10-3-4-15(13-26)20(28)30-2/h5-9,11,15H,3-4,10,12-13H2,1-2H3,(H,23,24). The summed E-state index contributed by atoms with van der Waals surface area (Å²) < 4.78 is 12.1. The molecule has 2 aromatic heterocycles. The Morgan fingerprint density at radius 2 is 2.10 bits per heavy atom. The number of piperidine rings is 1. The van der Waals surface area contributed by atoms with Gasteiger partial charge < -0.3 is 19.7 Å². The molecule has 154 valence electrons. The Kier molecular flexibility index (Phi) is 5.78. The number of fused-ring (bicyclic) bond motifs is 1. The van der Waals surface area contributed by atoms with E-state index in [0.717, 1.165) is 36.2 Å². The summed E-state index contributed by atoms with van der Waals surface area (Å²) in [5.41, 5.74) is 2.21. The van der Waals surface area contributed by atoms with Gasteiger partial charge in [-0.1, -0.05) is 12.1 Å². The van der Waals surface area contributed by atoms with Crippen LogP contribution in [0, 0.1) is 5.92 Å². The zero-order valence-electron chi connectivity index (χ0n) is 17.2. The van der Waals surface area contributed by atoms with E-state index in [4.69, 9.17) is 17.3 Å². The summed E-state index contributed by atoms with van der Waals surface area (Å²) in [5.74, 6) is 1.84. The third kappa shape index (κ3) is 3.92. The number of rotatable bonds is 6. The van der Waals surface area contributed by atoms with Crippen LogP contribution in [0.1, 0.15) is 18.4 Å². The highest BCUT2D eigenvalue weighted by Gasteiger charge is 2.29. The zero-order valence-corrected chi connectivity index (χ0v) is 17.2. The molecule has 1 N–H and O–H groups in total.